The highest BCUT2D eigenvalue weighted by molar-refractivity contribution is 5.38. The number of hydrogen-bond acceptors (Lipinski definition) is 5. The van der Waals surface area contributed by atoms with Gasteiger partial charge in [-0.2, -0.15) is 4.98 Å². The number of anilines is 1. The predicted molar refractivity (Wildman–Crippen MR) is 78.7 cm³/mol. The highest BCUT2D eigenvalue weighted by Gasteiger charge is 2.17. The first kappa shape index (κ1) is 15.7. The molecule has 2 N–H and O–H groups in total. The lowest BCUT2D eigenvalue weighted by Gasteiger charge is -2.28. The fraction of sp³-hybridized carbons (Fsp3) is 0.714. The molecule has 19 heavy (non-hydrogen) atoms. The zero-order valence-corrected chi connectivity index (χ0v) is 12.7. The van der Waals surface area contributed by atoms with E-state index in [2.05, 4.69) is 41.4 Å². The van der Waals surface area contributed by atoms with E-state index in [1.807, 2.05) is 19.9 Å². The minimum atomic E-state index is 0.451. The van der Waals surface area contributed by atoms with E-state index in [4.69, 9.17) is 4.74 Å². The Kier molecular flexibility index (Phi) is 6.56. The van der Waals surface area contributed by atoms with Crippen LogP contribution >= 0.6 is 0 Å². The highest BCUT2D eigenvalue weighted by atomic mass is 16.5. The summed E-state index contributed by atoms with van der Waals surface area (Å²) in [7, 11) is 0. The summed E-state index contributed by atoms with van der Waals surface area (Å²) < 4.78 is 5.28. The van der Waals surface area contributed by atoms with E-state index < -0.39 is 0 Å². The summed E-state index contributed by atoms with van der Waals surface area (Å²) in [4.78, 5) is 8.46. The quantitative estimate of drug-likeness (QED) is 0.875. The molecule has 1 fully saturated rings. The first-order chi connectivity index (χ1) is 9.01. The first-order valence-electron chi connectivity index (χ1n) is 6.97. The number of aryl methyl sites for hydroxylation is 1. The molecule has 5 heteroatoms. The van der Waals surface area contributed by atoms with Crippen LogP contribution < -0.4 is 15.4 Å². The molecule has 108 valence electrons. The lowest BCUT2D eigenvalue weighted by Crippen LogP contribution is -2.51. The summed E-state index contributed by atoms with van der Waals surface area (Å²) in [5, 5.41) is 6.52. The highest BCUT2D eigenvalue weighted by Crippen LogP contribution is 2.13. The van der Waals surface area contributed by atoms with Crippen molar-refractivity contribution in [2.45, 2.75) is 40.7 Å². The average molecular weight is 266 g/mol. The molecule has 0 aromatic carbocycles. The third-order valence-electron chi connectivity index (χ3n) is 2.24. The van der Waals surface area contributed by atoms with Crippen molar-refractivity contribution < 1.29 is 4.74 Å². The minimum absolute atomic E-state index is 0.451. The van der Waals surface area contributed by atoms with E-state index in [0.717, 1.165) is 30.5 Å². The Morgan fingerprint density at radius 2 is 2.00 bits per heavy atom. The summed E-state index contributed by atoms with van der Waals surface area (Å²) >= 11 is 0. The van der Waals surface area contributed by atoms with Crippen molar-refractivity contribution in [3.8, 4) is 6.01 Å². The lowest BCUT2D eigenvalue weighted by molar-refractivity contribution is 0.312. The Bertz CT molecular complexity index is 375. The van der Waals surface area contributed by atoms with Crippen LogP contribution in [0.15, 0.2) is 6.07 Å². The van der Waals surface area contributed by atoms with Gasteiger partial charge in [0.15, 0.2) is 0 Å². The van der Waals surface area contributed by atoms with Crippen molar-refractivity contribution in [1.82, 2.24) is 15.3 Å². The lowest BCUT2D eigenvalue weighted by atomic mass is 10.2. The Hall–Kier alpha value is -1.36. The van der Waals surface area contributed by atoms with Crippen molar-refractivity contribution in [2.75, 3.05) is 25.0 Å². The van der Waals surface area contributed by atoms with Crippen LogP contribution in [0.25, 0.3) is 0 Å². The van der Waals surface area contributed by atoms with Crippen LogP contribution in [0.4, 0.5) is 5.82 Å². The van der Waals surface area contributed by atoms with E-state index >= 15 is 0 Å². The minimum Gasteiger partial charge on any atom is -0.464 e. The summed E-state index contributed by atoms with van der Waals surface area (Å²) in [6, 6.07) is 2.86. The molecule has 0 atom stereocenters. The van der Waals surface area contributed by atoms with Crippen molar-refractivity contribution in [2.24, 2.45) is 5.92 Å². The van der Waals surface area contributed by atoms with E-state index in [0.29, 0.717) is 18.7 Å². The van der Waals surface area contributed by atoms with Crippen molar-refractivity contribution in [3.63, 3.8) is 0 Å². The number of hydrogen-bond donors (Lipinski definition) is 2. The van der Waals surface area contributed by atoms with Gasteiger partial charge in [-0.15, -0.1) is 0 Å². The Morgan fingerprint density at radius 1 is 1.37 bits per heavy atom. The van der Waals surface area contributed by atoms with Gasteiger partial charge in [0, 0.05) is 24.8 Å². The molecule has 0 amide bonds. The molecule has 1 aromatic rings. The van der Waals surface area contributed by atoms with Crippen LogP contribution in [-0.2, 0) is 0 Å². The Labute approximate surface area is 116 Å². The molecule has 5 nitrogen and oxygen atoms in total. The molecule has 0 unspecified atom stereocenters. The van der Waals surface area contributed by atoms with Crippen molar-refractivity contribution >= 4 is 5.82 Å². The topological polar surface area (TPSA) is 59.1 Å². The molecule has 0 saturated carbocycles. The maximum absolute atomic E-state index is 5.28. The van der Waals surface area contributed by atoms with Crippen molar-refractivity contribution in [1.29, 1.82) is 0 Å². The zero-order valence-electron chi connectivity index (χ0n) is 12.7. The third kappa shape index (κ3) is 6.38. The van der Waals surface area contributed by atoms with Gasteiger partial charge in [-0.1, -0.05) is 20.8 Å². The summed E-state index contributed by atoms with van der Waals surface area (Å²) in [6.07, 6.45) is 0. The standard InChI is InChI=1S/C10H16N4O.C4H10/c1-3-15-10-12-7(2)4-9(14-10)13-8-5-11-6-8;1-4(2)3/h4,8,11H,3,5-6H2,1-2H3,(H,12,13,14);4H,1-3H3. The fourth-order valence-corrected chi connectivity index (χ4v) is 1.41. The van der Waals surface area contributed by atoms with Gasteiger partial charge in [0.2, 0.25) is 0 Å². The third-order valence-corrected chi connectivity index (χ3v) is 2.24. The van der Waals surface area contributed by atoms with Crippen LogP contribution in [0.2, 0.25) is 0 Å². The second kappa shape index (κ2) is 7.94. The molecular weight excluding hydrogens is 240 g/mol. The molecule has 1 aromatic heterocycles. The van der Waals surface area contributed by atoms with Gasteiger partial charge in [-0.05, 0) is 19.8 Å². The summed E-state index contributed by atoms with van der Waals surface area (Å²) in [5.41, 5.74) is 0.920. The maximum Gasteiger partial charge on any atom is 0.318 e. The van der Waals surface area contributed by atoms with Crippen LogP contribution in [0, 0.1) is 12.8 Å². The van der Waals surface area contributed by atoms with Gasteiger partial charge in [-0.3, -0.25) is 0 Å². The van der Waals surface area contributed by atoms with Crippen LogP contribution in [0.3, 0.4) is 0 Å². The monoisotopic (exact) mass is 266 g/mol. The van der Waals surface area contributed by atoms with E-state index in [9.17, 15) is 0 Å². The molecule has 2 rings (SSSR count). The number of aromatic nitrogens is 2. The SMILES string of the molecule is CC(C)C.CCOc1nc(C)cc(NC2CNC2)n1. The second-order valence-corrected chi connectivity index (χ2v) is 5.34. The number of rotatable bonds is 4. The molecular formula is C14H26N4O. The van der Waals surface area contributed by atoms with Gasteiger partial charge in [0.05, 0.1) is 12.6 Å². The molecule has 1 saturated heterocycles. The largest absolute Gasteiger partial charge is 0.464 e. The van der Waals surface area contributed by atoms with Gasteiger partial charge >= 0.3 is 6.01 Å². The van der Waals surface area contributed by atoms with Gasteiger partial charge < -0.3 is 15.4 Å². The summed E-state index contributed by atoms with van der Waals surface area (Å²) in [5.74, 6) is 1.68. The predicted octanol–water partition coefficient (Wildman–Crippen LogP) is 2.23. The second-order valence-electron chi connectivity index (χ2n) is 5.34. The first-order valence-corrected chi connectivity index (χ1v) is 6.97. The number of ether oxygens (including phenoxy) is 1. The molecule has 1 aliphatic heterocycles. The van der Waals surface area contributed by atoms with Crippen LogP contribution in [-0.4, -0.2) is 35.7 Å². The number of nitrogens with zero attached hydrogens (tertiary/aromatic N) is 2. The van der Waals surface area contributed by atoms with Crippen molar-refractivity contribution in [3.05, 3.63) is 11.8 Å². The molecule has 2 heterocycles. The van der Waals surface area contributed by atoms with Crippen LogP contribution in [0.5, 0.6) is 6.01 Å². The normalized spacial score (nSPS) is 14.4. The van der Waals surface area contributed by atoms with Gasteiger partial charge in [0.1, 0.15) is 5.82 Å². The molecule has 0 radical (unpaired) electrons. The zero-order chi connectivity index (χ0) is 14.3. The van der Waals surface area contributed by atoms with Gasteiger partial charge in [0.25, 0.3) is 0 Å². The Morgan fingerprint density at radius 3 is 2.47 bits per heavy atom. The molecule has 0 spiro atoms. The van der Waals surface area contributed by atoms with Gasteiger partial charge in [-0.25, -0.2) is 4.98 Å². The number of nitrogens with one attached hydrogen (secondary N) is 2. The maximum atomic E-state index is 5.28. The Balaban J connectivity index is 0.000000399. The van der Waals surface area contributed by atoms with E-state index in [-0.39, 0.29) is 0 Å². The molecule has 0 bridgehead atoms. The smallest absolute Gasteiger partial charge is 0.318 e. The van der Waals surface area contributed by atoms with E-state index in [1.165, 1.54) is 0 Å². The van der Waals surface area contributed by atoms with E-state index in [1.54, 1.807) is 0 Å². The fourth-order valence-electron chi connectivity index (χ4n) is 1.41. The molecule has 1 aliphatic rings. The average Bonchev–Trinajstić information content (AvgIpc) is 2.22. The molecule has 0 aliphatic carbocycles. The van der Waals surface area contributed by atoms with Crippen LogP contribution in [0.1, 0.15) is 33.4 Å². The summed E-state index contributed by atoms with van der Waals surface area (Å²) in [6.45, 7) is 12.9.